The zero-order chi connectivity index (χ0) is 16.3. The highest BCUT2D eigenvalue weighted by atomic mass is 35.5. The highest BCUT2D eigenvalue weighted by Crippen LogP contribution is 2.25. The van der Waals surface area contributed by atoms with E-state index in [1.807, 2.05) is 6.07 Å². The molecule has 0 aliphatic carbocycles. The van der Waals surface area contributed by atoms with Crippen molar-refractivity contribution >= 4 is 38.9 Å². The number of para-hydroxylation sites is 1. The summed E-state index contributed by atoms with van der Waals surface area (Å²) in [5, 5.41) is 2.90. The number of halogens is 1. The van der Waals surface area contributed by atoms with Gasteiger partial charge in [-0.3, -0.25) is 9.10 Å². The van der Waals surface area contributed by atoms with Crippen molar-refractivity contribution in [3.8, 4) is 0 Å². The standard InChI is InChI=1S/C15H15ClN2O3S/c1-18(22(2,20)21)12-8-9-13(14(16)10-12)15(19)17-11-6-4-3-5-7-11/h3-10H,1-2H3,(H,17,19). The predicted molar refractivity (Wildman–Crippen MR) is 89.1 cm³/mol. The van der Waals surface area contributed by atoms with Crippen molar-refractivity contribution in [2.45, 2.75) is 0 Å². The lowest BCUT2D eigenvalue weighted by Gasteiger charge is -2.17. The summed E-state index contributed by atoms with van der Waals surface area (Å²) in [7, 11) is -1.96. The number of carbonyl (C=O) groups is 1. The maximum Gasteiger partial charge on any atom is 0.257 e. The average Bonchev–Trinajstić information content (AvgIpc) is 2.46. The fraction of sp³-hybridized carbons (Fsp3) is 0.133. The van der Waals surface area contributed by atoms with E-state index in [0.717, 1.165) is 10.6 Å². The Morgan fingerprint density at radius 2 is 1.77 bits per heavy atom. The number of hydrogen-bond acceptors (Lipinski definition) is 3. The summed E-state index contributed by atoms with van der Waals surface area (Å²) in [6.07, 6.45) is 1.09. The molecule has 0 spiro atoms. The van der Waals surface area contributed by atoms with Crippen LogP contribution in [0.5, 0.6) is 0 Å². The Bertz CT molecular complexity index is 792. The van der Waals surface area contributed by atoms with Crippen molar-refractivity contribution in [2.24, 2.45) is 0 Å². The largest absolute Gasteiger partial charge is 0.322 e. The van der Waals surface area contributed by atoms with Crippen LogP contribution in [0.3, 0.4) is 0 Å². The van der Waals surface area contributed by atoms with Crippen molar-refractivity contribution in [1.29, 1.82) is 0 Å². The number of rotatable bonds is 4. The van der Waals surface area contributed by atoms with Crippen LogP contribution in [-0.4, -0.2) is 27.6 Å². The van der Waals surface area contributed by atoms with E-state index >= 15 is 0 Å². The Balaban J connectivity index is 2.25. The summed E-state index contributed by atoms with van der Waals surface area (Å²) in [6.45, 7) is 0. The van der Waals surface area contributed by atoms with Crippen LogP contribution >= 0.6 is 11.6 Å². The molecule has 0 heterocycles. The van der Waals surface area contributed by atoms with E-state index in [2.05, 4.69) is 5.32 Å². The molecule has 5 nitrogen and oxygen atoms in total. The van der Waals surface area contributed by atoms with Crippen LogP contribution in [0.1, 0.15) is 10.4 Å². The second kappa shape index (κ2) is 6.37. The average molecular weight is 339 g/mol. The van der Waals surface area contributed by atoms with Crippen LogP contribution < -0.4 is 9.62 Å². The molecule has 0 atom stereocenters. The molecule has 22 heavy (non-hydrogen) atoms. The van der Waals surface area contributed by atoms with Gasteiger partial charge < -0.3 is 5.32 Å². The Morgan fingerprint density at radius 1 is 1.14 bits per heavy atom. The molecule has 116 valence electrons. The van der Waals surface area contributed by atoms with Gasteiger partial charge in [-0.1, -0.05) is 29.8 Å². The van der Waals surface area contributed by atoms with Crippen molar-refractivity contribution in [1.82, 2.24) is 0 Å². The Kier molecular flexibility index (Phi) is 4.73. The van der Waals surface area contributed by atoms with Crippen LogP contribution in [0, 0.1) is 0 Å². The number of carbonyl (C=O) groups excluding carboxylic acids is 1. The van der Waals surface area contributed by atoms with E-state index in [-0.39, 0.29) is 16.5 Å². The molecule has 0 saturated carbocycles. The van der Waals surface area contributed by atoms with E-state index in [4.69, 9.17) is 11.6 Å². The summed E-state index contributed by atoms with van der Waals surface area (Å²) in [5.41, 5.74) is 1.32. The molecule has 2 aromatic carbocycles. The molecule has 0 fully saturated rings. The van der Waals surface area contributed by atoms with E-state index in [0.29, 0.717) is 11.4 Å². The Hall–Kier alpha value is -2.05. The van der Waals surface area contributed by atoms with Crippen LogP contribution in [-0.2, 0) is 10.0 Å². The first-order valence-electron chi connectivity index (χ1n) is 6.39. The molecule has 2 aromatic rings. The van der Waals surface area contributed by atoms with Gasteiger partial charge in [0.1, 0.15) is 0 Å². The quantitative estimate of drug-likeness (QED) is 0.932. The molecule has 0 saturated heterocycles. The van der Waals surface area contributed by atoms with Crippen molar-refractivity contribution in [3.05, 3.63) is 59.1 Å². The summed E-state index contributed by atoms with van der Waals surface area (Å²) >= 11 is 6.10. The SMILES string of the molecule is CN(c1ccc(C(=O)Nc2ccccc2)c(Cl)c1)S(C)(=O)=O. The number of nitrogens with one attached hydrogen (secondary N) is 1. The van der Waals surface area contributed by atoms with Gasteiger partial charge in [0.15, 0.2) is 0 Å². The predicted octanol–water partition coefficient (Wildman–Crippen LogP) is 2.99. The maximum atomic E-state index is 12.2. The number of hydrogen-bond donors (Lipinski definition) is 1. The molecule has 0 radical (unpaired) electrons. The molecule has 0 bridgehead atoms. The van der Waals surface area contributed by atoms with E-state index < -0.39 is 10.0 Å². The van der Waals surface area contributed by atoms with E-state index in [1.165, 1.54) is 25.2 Å². The number of nitrogens with zero attached hydrogens (tertiary/aromatic N) is 1. The van der Waals surface area contributed by atoms with Gasteiger partial charge in [0.05, 0.1) is 22.5 Å². The highest BCUT2D eigenvalue weighted by molar-refractivity contribution is 7.92. The molecule has 1 N–H and O–H groups in total. The third kappa shape index (κ3) is 3.78. The molecule has 2 rings (SSSR count). The Morgan fingerprint density at radius 3 is 2.32 bits per heavy atom. The van der Waals surface area contributed by atoms with E-state index in [1.54, 1.807) is 24.3 Å². The maximum absolute atomic E-state index is 12.2. The molecule has 0 aliphatic rings. The number of benzene rings is 2. The fourth-order valence-electron chi connectivity index (χ4n) is 1.80. The van der Waals surface area contributed by atoms with Gasteiger partial charge >= 0.3 is 0 Å². The topological polar surface area (TPSA) is 66.5 Å². The van der Waals surface area contributed by atoms with Gasteiger partial charge in [-0.2, -0.15) is 0 Å². The normalized spacial score (nSPS) is 11.0. The summed E-state index contributed by atoms with van der Waals surface area (Å²) < 4.78 is 24.1. The molecular weight excluding hydrogens is 324 g/mol. The second-order valence-corrected chi connectivity index (χ2v) is 7.14. The first-order chi connectivity index (χ1) is 10.3. The first kappa shape index (κ1) is 16.3. The Labute approximate surface area is 134 Å². The molecule has 0 unspecified atom stereocenters. The van der Waals surface area contributed by atoms with Gasteiger partial charge in [-0.05, 0) is 30.3 Å². The van der Waals surface area contributed by atoms with Gasteiger partial charge in [0.2, 0.25) is 10.0 Å². The lowest BCUT2D eigenvalue weighted by atomic mass is 10.2. The number of sulfonamides is 1. The van der Waals surface area contributed by atoms with Crippen molar-refractivity contribution in [2.75, 3.05) is 22.9 Å². The lowest BCUT2D eigenvalue weighted by Crippen LogP contribution is -2.25. The minimum Gasteiger partial charge on any atom is -0.322 e. The van der Waals surface area contributed by atoms with Crippen molar-refractivity contribution in [3.63, 3.8) is 0 Å². The molecular formula is C15H15ClN2O3S. The van der Waals surface area contributed by atoms with Crippen LogP contribution in [0.15, 0.2) is 48.5 Å². The summed E-state index contributed by atoms with van der Waals surface area (Å²) in [5.74, 6) is -0.357. The monoisotopic (exact) mass is 338 g/mol. The highest BCUT2D eigenvalue weighted by Gasteiger charge is 2.16. The molecule has 1 amide bonds. The molecule has 0 aromatic heterocycles. The minimum atomic E-state index is -3.38. The van der Waals surface area contributed by atoms with Crippen LogP contribution in [0.4, 0.5) is 11.4 Å². The smallest absolute Gasteiger partial charge is 0.257 e. The zero-order valence-electron chi connectivity index (χ0n) is 12.1. The van der Waals surface area contributed by atoms with Crippen LogP contribution in [0.2, 0.25) is 5.02 Å². The molecule has 7 heteroatoms. The van der Waals surface area contributed by atoms with Crippen LogP contribution in [0.25, 0.3) is 0 Å². The van der Waals surface area contributed by atoms with Crippen molar-refractivity contribution < 1.29 is 13.2 Å². The number of amides is 1. The third-order valence-electron chi connectivity index (χ3n) is 3.09. The molecule has 0 aliphatic heterocycles. The van der Waals surface area contributed by atoms with Gasteiger partial charge in [-0.15, -0.1) is 0 Å². The minimum absolute atomic E-state index is 0.182. The fourth-order valence-corrected chi connectivity index (χ4v) is 2.55. The lowest BCUT2D eigenvalue weighted by molar-refractivity contribution is 0.102. The van der Waals surface area contributed by atoms with Gasteiger partial charge in [0, 0.05) is 12.7 Å². The number of anilines is 2. The summed E-state index contributed by atoms with van der Waals surface area (Å²) in [6, 6.07) is 13.5. The third-order valence-corrected chi connectivity index (χ3v) is 4.61. The first-order valence-corrected chi connectivity index (χ1v) is 8.61. The van der Waals surface area contributed by atoms with E-state index in [9.17, 15) is 13.2 Å². The van der Waals surface area contributed by atoms with Gasteiger partial charge in [0.25, 0.3) is 5.91 Å². The van der Waals surface area contributed by atoms with Gasteiger partial charge in [-0.25, -0.2) is 8.42 Å². The second-order valence-electron chi connectivity index (χ2n) is 4.71. The summed E-state index contributed by atoms with van der Waals surface area (Å²) in [4.78, 5) is 12.2. The zero-order valence-corrected chi connectivity index (χ0v) is 13.6.